The minimum atomic E-state index is -1.14. The molecule has 0 radical (unpaired) electrons. The standard InChI is InChI=1S/C22H23NO3/c1-20(2)21(3,4)22(20,19(24)25)18(14-23)15-9-8-12-17(13-15)26-16-10-6-5-7-11-16/h5-13,18H,1-4H3,(H,24,25)/t18-/m1/s1. The molecule has 1 saturated carbocycles. The summed E-state index contributed by atoms with van der Waals surface area (Å²) in [7, 11) is 0. The highest BCUT2D eigenvalue weighted by Crippen LogP contribution is 2.82. The molecule has 0 unspecified atom stereocenters. The van der Waals surface area contributed by atoms with Gasteiger partial charge in [0.1, 0.15) is 11.5 Å². The van der Waals surface area contributed by atoms with Crippen LogP contribution < -0.4 is 4.74 Å². The third kappa shape index (κ3) is 2.24. The smallest absolute Gasteiger partial charge is 0.312 e. The molecule has 1 fully saturated rings. The Labute approximate surface area is 154 Å². The predicted octanol–water partition coefficient (Wildman–Crippen LogP) is 5.22. The van der Waals surface area contributed by atoms with E-state index in [1.54, 1.807) is 18.2 Å². The minimum Gasteiger partial charge on any atom is -0.481 e. The van der Waals surface area contributed by atoms with E-state index in [0.717, 1.165) is 0 Å². The molecule has 1 N–H and O–H groups in total. The van der Waals surface area contributed by atoms with Crippen LogP contribution in [0.4, 0.5) is 0 Å². The number of rotatable bonds is 5. The Morgan fingerprint density at radius 1 is 1.00 bits per heavy atom. The Balaban J connectivity index is 2.01. The molecule has 4 heteroatoms. The van der Waals surface area contributed by atoms with E-state index < -0.39 is 28.1 Å². The lowest BCUT2D eigenvalue weighted by Crippen LogP contribution is -2.30. The summed E-state index contributed by atoms with van der Waals surface area (Å²) in [6.07, 6.45) is 0. The molecule has 0 amide bonds. The fourth-order valence-corrected chi connectivity index (χ4v) is 4.54. The Morgan fingerprint density at radius 2 is 1.58 bits per heavy atom. The van der Waals surface area contributed by atoms with Crippen LogP contribution in [0.2, 0.25) is 0 Å². The SMILES string of the molecule is CC1(C)C(C)(C)C1(C(=O)O)[C@H](C#N)c1cccc(Oc2ccccc2)c1. The summed E-state index contributed by atoms with van der Waals surface area (Å²) >= 11 is 0. The first-order valence-corrected chi connectivity index (χ1v) is 8.66. The van der Waals surface area contributed by atoms with Crippen molar-refractivity contribution < 1.29 is 14.6 Å². The average molecular weight is 349 g/mol. The molecule has 26 heavy (non-hydrogen) atoms. The first-order chi connectivity index (χ1) is 12.2. The molecular formula is C22H23NO3. The molecule has 2 aromatic carbocycles. The minimum absolute atomic E-state index is 0.497. The molecule has 134 valence electrons. The predicted molar refractivity (Wildman–Crippen MR) is 98.9 cm³/mol. The van der Waals surface area contributed by atoms with Gasteiger partial charge in [-0.3, -0.25) is 4.79 Å². The monoisotopic (exact) mass is 349 g/mol. The number of ether oxygens (including phenoxy) is 1. The van der Waals surface area contributed by atoms with Gasteiger partial charge in [-0.05, 0) is 40.7 Å². The molecule has 0 aromatic heterocycles. The fraction of sp³-hybridized carbons (Fsp3) is 0.364. The van der Waals surface area contributed by atoms with Crippen molar-refractivity contribution >= 4 is 5.97 Å². The Hall–Kier alpha value is -2.80. The van der Waals surface area contributed by atoms with E-state index in [1.807, 2.05) is 64.1 Å². The summed E-state index contributed by atoms with van der Waals surface area (Å²) in [6, 6.07) is 18.8. The number of nitriles is 1. The number of aliphatic carboxylic acids is 1. The van der Waals surface area contributed by atoms with E-state index in [0.29, 0.717) is 17.1 Å². The van der Waals surface area contributed by atoms with Crippen LogP contribution >= 0.6 is 0 Å². The summed E-state index contributed by atoms with van der Waals surface area (Å²) in [5, 5.41) is 20.0. The van der Waals surface area contributed by atoms with E-state index in [-0.39, 0.29) is 0 Å². The molecule has 0 spiro atoms. The van der Waals surface area contributed by atoms with Crippen molar-refractivity contribution in [3.8, 4) is 17.6 Å². The van der Waals surface area contributed by atoms with Crippen molar-refractivity contribution in [2.45, 2.75) is 33.6 Å². The van der Waals surface area contributed by atoms with Crippen LogP contribution in [0.15, 0.2) is 54.6 Å². The number of benzene rings is 2. The molecule has 3 rings (SSSR count). The molecular weight excluding hydrogens is 326 g/mol. The van der Waals surface area contributed by atoms with Crippen LogP contribution in [0, 0.1) is 27.6 Å². The van der Waals surface area contributed by atoms with E-state index >= 15 is 0 Å². The highest BCUT2D eigenvalue weighted by Gasteiger charge is 2.84. The number of carbonyl (C=O) groups is 1. The van der Waals surface area contributed by atoms with Gasteiger partial charge in [0.2, 0.25) is 0 Å². The fourth-order valence-electron chi connectivity index (χ4n) is 4.54. The van der Waals surface area contributed by atoms with Gasteiger partial charge in [-0.2, -0.15) is 5.26 Å². The van der Waals surface area contributed by atoms with Crippen molar-refractivity contribution in [3.05, 3.63) is 60.2 Å². The topological polar surface area (TPSA) is 70.3 Å². The van der Waals surface area contributed by atoms with Gasteiger partial charge in [0, 0.05) is 0 Å². The van der Waals surface area contributed by atoms with Gasteiger partial charge >= 0.3 is 5.97 Å². The second-order valence-corrected chi connectivity index (χ2v) is 7.91. The van der Waals surface area contributed by atoms with Crippen molar-refractivity contribution in [1.29, 1.82) is 5.26 Å². The van der Waals surface area contributed by atoms with Crippen molar-refractivity contribution in [3.63, 3.8) is 0 Å². The van der Waals surface area contributed by atoms with Gasteiger partial charge in [-0.1, -0.05) is 58.0 Å². The average Bonchev–Trinajstić information content (AvgIpc) is 2.96. The van der Waals surface area contributed by atoms with Gasteiger partial charge in [-0.15, -0.1) is 0 Å². The molecule has 0 aliphatic heterocycles. The molecule has 0 saturated heterocycles. The summed E-state index contributed by atoms with van der Waals surface area (Å²) in [4.78, 5) is 12.3. The maximum absolute atomic E-state index is 12.3. The lowest BCUT2D eigenvalue weighted by atomic mass is 9.77. The molecule has 0 heterocycles. The van der Waals surface area contributed by atoms with Crippen molar-refractivity contribution in [2.75, 3.05) is 0 Å². The highest BCUT2D eigenvalue weighted by molar-refractivity contribution is 5.84. The molecule has 1 aliphatic rings. The molecule has 0 bridgehead atoms. The number of hydrogen-bond donors (Lipinski definition) is 1. The first-order valence-electron chi connectivity index (χ1n) is 8.66. The van der Waals surface area contributed by atoms with Gasteiger partial charge in [-0.25, -0.2) is 0 Å². The van der Waals surface area contributed by atoms with Gasteiger partial charge in [0.15, 0.2) is 0 Å². The quantitative estimate of drug-likeness (QED) is 0.803. The maximum atomic E-state index is 12.3. The summed E-state index contributed by atoms with van der Waals surface area (Å²) in [6.45, 7) is 7.71. The maximum Gasteiger partial charge on any atom is 0.312 e. The lowest BCUT2D eigenvalue weighted by molar-refractivity contribution is -0.146. The van der Waals surface area contributed by atoms with Crippen LogP contribution in [0.1, 0.15) is 39.2 Å². The first kappa shape index (κ1) is 18.0. The van der Waals surface area contributed by atoms with Crippen LogP contribution in [0.5, 0.6) is 11.5 Å². The third-order valence-corrected chi connectivity index (χ3v) is 6.54. The van der Waals surface area contributed by atoms with Crippen LogP contribution in [-0.2, 0) is 4.79 Å². The van der Waals surface area contributed by atoms with Crippen LogP contribution in [0.3, 0.4) is 0 Å². The summed E-state index contributed by atoms with van der Waals surface area (Å²) in [5.74, 6) is -0.401. The van der Waals surface area contributed by atoms with E-state index in [9.17, 15) is 15.2 Å². The number of hydrogen-bond acceptors (Lipinski definition) is 3. The van der Waals surface area contributed by atoms with Gasteiger partial charge in [0.25, 0.3) is 0 Å². The van der Waals surface area contributed by atoms with Crippen molar-refractivity contribution in [1.82, 2.24) is 0 Å². The number of carboxylic acids is 1. The van der Waals surface area contributed by atoms with Crippen LogP contribution in [-0.4, -0.2) is 11.1 Å². The third-order valence-electron chi connectivity index (χ3n) is 6.54. The summed E-state index contributed by atoms with van der Waals surface area (Å²) < 4.78 is 5.85. The highest BCUT2D eigenvalue weighted by atomic mass is 16.5. The Morgan fingerprint density at radius 3 is 2.08 bits per heavy atom. The van der Waals surface area contributed by atoms with E-state index in [4.69, 9.17) is 4.74 Å². The Bertz CT molecular complexity index is 864. The zero-order valence-electron chi connectivity index (χ0n) is 15.5. The molecule has 1 atom stereocenters. The van der Waals surface area contributed by atoms with E-state index in [1.165, 1.54) is 0 Å². The Kier molecular flexibility index (Phi) is 4.07. The number of carboxylic acid groups (broad SMARTS) is 1. The summed E-state index contributed by atoms with van der Waals surface area (Å²) in [5.41, 5.74) is -1.47. The number of para-hydroxylation sites is 1. The van der Waals surface area contributed by atoms with E-state index in [2.05, 4.69) is 6.07 Å². The van der Waals surface area contributed by atoms with Gasteiger partial charge < -0.3 is 9.84 Å². The molecule has 2 aromatic rings. The largest absolute Gasteiger partial charge is 0.481 e. The second-order valence-electron chi connectivity index (χ2n) is 7.91. The second kappa shape index (κ2) is 5.88. The number of nitrogens with zero attached hydrogens (tertiary/aromatic N) is 1. The zero-order chi connectivity index (χ0) is 19.2. The van der Waals surface area contributed by atoms with Gasteiger partial charge in [0.05, 0.1) is 17.4 Å². The van der Waals surface area contributed by atoms with Crippen LogP contribution in [0.25, 0.3) is 0 Å². The zero-order valence-corrected chi connectivity index (χ0v) is 15.5. The van der Waals surface area contributed by atoms with Crippen molar-refractivity contribution in [2.24, 2.45) is 16.2 Å². The lowest BCUT2D eigenvalue weighted by Gasteiger charge is -2.23. The molecule has 1 aliphatic carbocycles. The normalized spacial score (nSPS) is 19.8. The molecule has 4 nitrogen and oxygen atoms in total.